The van der Waals surface area contributed by atoms with Gasteiger partial charge >= 0.3 is 0 Å². The van der Waals surface area contributed by atoms with E-state index in [-0.39, 0.29) is 29.5 Å². The summed E-state index contributed by atoms with van der Waals surface area (Å²) in [5.41, 5.74) is 2.38. The lowest BCUT2D eigenvalue weighted by atomic mass is 9.94. The number of fused-ring (bicyclic) bond motifs is 1. The van der Waals surface area contributed by atoms with E-state index in [0.717, 1.165) is 16.9 Å². The number of hydrogen-bond acceptors (Lipinski definition) is 4. The summed E-state index contributed by atoms with van der Waals surface area (Å²) in [4.78, 5) is 27.6. The predicted octanol–water partition coefficient (Wildman–Crippen LogP) is 4.81. The Morgan fingerprint density at radius 2 is 1.79 bits per heavy atom. The maximum absolute atomic E-state index is 14.9. The minimum absolute atomic E-state index is 0.0226. The number of halogens is 1. The summed E-state index contributed by atoms with van der Waals surface area (Å²) < 4.78 is 20.7. The van der Waals surface area contributed by atoms with Crippen LogP contribution in [-0.2, 0) is 22.4 Å². The smallest absolute Gasteiger partial charge is 0.295 e. The van der Waals surface area contributed by atoms with Gasteiger partial charge in [-0.05, 0) is 48.7 Å². The van der Waals surface area contributed by atoms with Crippen molar-refractivity contribution >= 4 is 17.4 Å². The molecule has 2 atom stereocenters. The molecule has 2 heterocycles. The zero-order valence-corrected chi connectivity index (χ0v) is 18.7. The van der Waals surface area contributed by atoms with Crippen molar-refractivity contribution in [2.45, 2.75) is 31.9 Å². The van der Waals surface area contributed by atoms with Crippen LogP contribution in [0.2, 0.25) is 0 Å². The van der Waals surface area contributed by atoms with Gasteiger partial charge in [0.1, 0.15) is 23.4 Å². The Balaban J connectivity index is 1.59. The molecule has 2 aliphatic heterocycles. The van der Waals surface area contributed by atoms with E-state index in [1.54, 1.807) is 36.4 Å². The van der Waals surface area contributed by atoms with Crippen LogP contribution in [0, 0.1) is 5.82 Å². The molecule has 0 unspecified atom stereocenters. The molecule has 1 saturated heterocycles. The molecule has 5 nitrogen and oxygen atoms in total. The number of nitrogens with zero attached hydrogens (tertiary/aromatic N) is 1. The van der Waals surface area contributed by atoms with Gasteiger partial charge in [-0.1, -0.05) is 48.5 Å². The number of carbonyl (C=O) groups excluding carboxylic acids is 2. The molecule has 34 heavy (non-hydrogen) atoms. The maximum Gasteiger partial charge on any atom is 0.295 e. The summed E-state index contributed by atoms with van der Waals surface area (Å²) in [6.45, 7) is 2.16. The van der Waals surface area contributed by atoms with Crippen LogP contribution in [-0.4, -0.2) is 34.3 Å². The van der Waals surface area contributed by atoms with Crippen molar-refractivity contribution in [1.82, 2.24) is 4.90 Å². The Morgan fingerprint density at radius 3 is 2.56 bits per heavy atom. The zero-order valence-electron chi connectivity index (χ0n) is 18.7. The van der Waals surface area contributed by atoms with Crippen molar-refractivity contribution in [2.75, 3.05) is 6.54 Å². The van der Waals surface area contributed by atoms with E-state index in [4.69, 9.17) is 4.74 Å². The average Bonchev–Trinajstić information content (AvgIpc) is 3.33. The molecule has 0 saturated carbocycles. The number of Topliss-reactive ketones (excluding diaryl/α,β-unsaturated/α-hetero) is 1. The monoisotopic (exact) mass is 457 g/mol. The Hall–Kier alpha value is -3.93. The van der Waals surface area contributed by atoms with Crippen molar-refractivity contribution < 1.29 is 23.8 Å². The maximum atomic E-state index is 14.9. The molecule has 2 aliphatic rings. The summed E-state index contributed by atoms with van der Waals surface area (Å²) >= 11 is 0. The van der Waals surface area contributed by atoms with E-state index in [1.807, 2.05) is 37.3 Å². The van der Waals surface area contributed by atoms with Gasteiger partial charge in [-0.3, -0.25) is 9.59 Å². The number of hydrogen-bond donors (Lipinski definition) is 1. The third-order valence-electron chi connectivity index (χ3n) is 6.39. The predicted molar refractivity (Wildman–Crippen MR) is 126 cm³/mol. The second kappa shape index (κ2) is 8.78. The van der Waals surface area contributed by atoms with Gasteiger partial charge in [0.25, 0.3) is 11.7 Å². The zero-order chi connectivity index (χ0) is 23.8. The first kappa shape index (κ1) is 21.9. The first-order valence-electron chi connectivity index (χ1n) is 11.3. The highest BCUT2D eigenvalue weighted by Crippen LogP contribution is 2.41. The van der Waals surface area contributed by atoms with Crippen LogP contribution >= 0.6 is 0 Å². The van der Waals surface area contributed by atoms with Crippen LogP contribution in [0.25, 0.3) is 5.76 Å². The van der Waals surface area contributed by atoms with Gasteiger partial charge < -0.3 is 14.7 Å². The number of amides is 1. The first-order chi connectivity index (χ1) is 16.4. The van der Waals surface area contributed by atoms with Crippen LogP contribution in [0.4, 0.5) is 4.39 Å². The van der Waals surface area contributed by atoms with Crippen LogP contribution < -0.4 is 4.74 Å². The number of aliphatic hydroxyl groups excluding tert-OH is 1. The molecule has 0 aliphatic carbocycles. The minimum atomic E-state index is -1.02. The van der Waals surface area contributed by atoms with Gasteiger partial charge in [-0.2, -0.15) is 0 Å². The van der Waals surface area contributed by atoms with Crippen molar-refractivity contribution in [3.8, 4) is 5.75 Å². The van der Waals surface area contributed by atoms with Gasteiger partial charge in [0, 0.05) is 24.1 Å². The van der Waals surface area contributed by atoms with Gasteiger partial charge in [-0.25, -0.2) is 4.39 Å². The van der Waals surface area contributed by atoms with Gasteiger partial charge in [0.15, 0.2) is 0 Å². The highest BCUT2D eigenvalue weighted by Gasteiger charge is 2.46. The van der Waals surface area contributed by atoms with E-state index in [0.29, 0.717) is 18.4 Å². The molecule has 6 heteroatoms. The molecule has 1 amide bonds. The summed E-state index contributed by atoms with van der Waals surface area (Å²) in [5.74, 6) is -1.68. The molecular weight excluding hydrogens is 433 g/mol. The van der Waals surface area contributed by atoms with E-state index >= 15 is 0 Å². The topological polar surface area (TPSA) is 66.8 Å². The van der Waals surface area contributed by atoms with Crippen LogP contribution in [0.3, 0.4) is 0 Å². The molecule has 1 N–H and O–H groups in total. The summed E-state index contributed by atoms with van der Waals surface area (Å²) in [5, 5.41) is 11.2. The number of ether oxygens (including phenoxy) is 1. The molecule has 1 fully saturated rings. The fraction of sp³-hybridized carbons (Fsp3) is 0.214. The minimum Gasteiger partial charge on any atom is -0.507 e. The van der Waals surface area contributed by atoms with Gasteiger partial charge in [-0.15, -0.1) is 0 Å². The number of benzene rings is 3. The standard InChI is InChI=1S/C28H24FNO4/c1-17-15-20-16-19(11-12-23(20)34-17)26(31)24-25(21-9-5-6-10-22(21)29)30(28(33)27(24)32)14-13-18-7-3-2-4-8-18/h2-12,16-17,25,31H,13-15H2,1H3/t17-,25+/m1/s1. The molecule has 0 aromatic heterocycles. The van der Waals surface area contributed by atoms with Crippen molar-refractivity contribution in [1.29, 1.82) is 0 Å². The summed E-state index contributed by atoms with van der Waals surface area (Å²) in [6.07, 6.45) is 1.19. The highest BCUT2D eigenvalue weighted by atomic mass is 19.1. The van der Waals surface area contributed by atoms with Crippen molar-refractivity contribution in [2.24, 2.45) is 0 Å². The highest BCUT2D eigenvalue weighted by molar-refractivity contribution is 6.46. The van der Waals surface area contributed by atoms with E-state index in [1.165, 1.54) is 11.0 Å². The fourth-order valence-electron chi connectivity index (χ4n) is 4.75. The largest absolute Gasteiger partial charge is 0.507 e. The number of ketones is 1. The number of aliphatic hydroxyl groups is 1. The fourth-order valence-corrected chi connectivity index (χ4v) is 4.75. The lowest BCUT2D eigenvalue weighted by Crippen LogP contribution is -2.32. The second-order valence-corrected chi connectivity index (χ2v) is 8.70. The molecule has 172 valence electrons. The number of rotatable bonds is 5. The Bertz CT molecular complexity index is 1300. The molecule has 0 radical (unpaired) electrons. The molecule has 0 bridgehead atoms. The third kappa shape index (κ3) is 3.85. The quantitative estimate of drug-likeness (QED) is 0.339. The SMILES string of the molecule is C[C@@H]1Cc2cc(C(O)=C3C(=O)C(=O)N(CCc4ccccc4)[C@H]3c3ccccc3F)ccc2O1. The van der Waals surface area contributed by atoms with Crippen LogP contribution in [0.1, 0.15) is 35.2 Å². The first-order valence-corrected chi connectivity index (χ1v) is 11.3. The summed E-state index contributed by atoms with van der Waals surface area (Å²) in [7, 11) is 0. The average molecular weight is 458 g/mol. The molecule has 3 aromatic carbocycles. The molecule has 5 rings (SSSR count). The lowest BCUT2D eigenvalue weighted by molar-refractivity contribution is -0.139. The Kier molecular flexibility index (Phi) is 5.65. The molecule has 0 spiro atoms. The molecular formula is C28H24FNO4. The lowest BCUT2D eigenvalue weighted by Gasteiger charge is -2.25. The van der Waals surface area contributed by atoms with E-state index in [9.17, 15) is 19.1 Å². The van der Waals surface area contributed by atoms with Gasteiger partial charge in [0.2, 0.25) is 0 Å². The van der Waals surface area contributed by atoms with Crippen molar-refractivity contribution in [3.05, 3.63) is 106 Å². The molecule has 3 aromatic rings. The van der Waals surface area contributed by atoms with Crippen LogP contribution in [0.5, 0.6) is 5.75 Å². The van der Waals surface area contributed by atoms with E-state index < -0.39 is 23.5 Å². The summed E-state index contributed by atoms with van der Waals surface area (Å²) in [6, 6.07) is 19.8. The Morgan fingerprint density at radius 1 is 1.06 bits per heavy atom. The van der Waals surface area contributed by atoms with Crippen molar-refractivity contribution in [3.63, 3.8) is 0 Å². The van der Waals surface area contributed by atoms with Crippen LogP contribution in [0.15, 0.2) is 78.4 Å². The number of carbonyl (C=O) groups is 2. The number of likely N-dealkylation sites (tertiary alicyclic amines) is 1. The van der Waals surface area contributed by atoms with E-state index in [2.05, 4.69) is 0 Å². The Labute approximate surface area is 197 Å². The normalized spacial score (nSPS) is 20.9. The van der Waals surface area contributed by atoms with Gasteiger partial charge in [0.05, 0.1) is 11.6 Å². The second-order valence-electron chi connectivity index (χ2n) is 8.70. The third-order valence-corrected chi connectivity index (χ3v) is 6.39.